The molecule has 0 aliphatic carbocycles. The number of hydrogen-bond acceptors (Lipinski definition) is 10. The lowest BCUT2D eigenvalue weighted by molar-refractivity contribution is -0.394. The molecule has 0 atom stereocenters. The number of nitrogens with one attached hydrogen (secondary N) is 1. The minimum Gasteiger partial charge on any atom is -0.502 e. The lowest BCUT2D eigenvalue weighted by Crippen LogP contribution is -2.18. The van der Waals surface area contributed by atoms with Crippen LogP contribution in [0, 0.1) is 20.2 Å². The molecular weight excluding hydrogens is 412 g/mol. The van der Waals surface area contributed by atoms with Gasteiger partial charge in [-0.05, 0) is 12.1 Å². The number of hydrogen-bond donors (Lipinski definition) is 2. The Morgan fingerprint density at radius 2 is 1.72 bits per heavy atom. The van der Waals surface area contributed by atoms with Gasteiger partial charge in [-0.25, -0.2) is 4.83 Å². The molecule has 2 rings (SSSR count). The van der Waals surface area contributed by atoms with Crippen LogP contribution in [0.4, 0.5) is 11.4 Å². The number of nitrogens with zero attached hydrogens (tertiary/aromatic N) is 3. The number of rotatable bonds is 8. The average Bonchev–Trinajstić information content (AvgIpc) is 2.68. The van der Waals surface area contributed by atoms with Gasteiger partial charge in [0.2, 0.25) is 5.75 Å². The first kappa shape index (κ1) is 21.4. The fourth-order valence-electron chi connectivity index (χ4n) is 2.17. The smallest absolute Gasteiger partial charge is 0.318 e. The Kier molecular flexibility index (Phi) is 6.18. The van der Waals surface area contributed by atoms with Gasteiger partial charge in [-0.3, -0.25) is 20.2 Å². The third-order valence-corrected chi connectivity index (χ3v) is 4.77. The summed E-state index contributed by atoms with van der Waals surface area (Å²) in [5.74, 6) is -0.468. The van der Waals surface area contributed by atoms with E-state index in [0.29, 0.717) is 18.0 Å². The normalized spacial score (nSPS) is 11.2. The SMILES string of the molecule is COc1ccc(S(=O)(=O)NN=Cc2cc([N+](=O)[O-])cc([N+](=O)[O-])c2O)cc1OC. The topological polar surface area (TPSA) is 184 Å². The van der Waals surface area contributed by atoms with Crippen molar-refractivity contribution in [2.45, 2.75) is 4.90 Å². The van der Waals surface area contributed by atoms with Gasteiger partial charge in [-0.2, -0.15) is 13.5 Å². The fourth-order valence-corrected chi connectivity index (χ4v) is 2.98. The highest BCUT2D eigenvalue weighted by atomic mass is 32.2. The number of phenols is 1. The zero-order valence-corrected chi connectivity index (χ0v) is 15.7. The van der Waals surface area contributed by atoms with E-state index < -0.39 is 42.6 Å². The number of ether oxygens (including phenoxy) is 2. The molecule has 0 aliphatic rings. The van der Waals surface area contributed by atoms with Crippen LogP contribution >= 0.6 is 0 Å². The summed E-state index contributed by atoms with van der Waals surface area (Å²) in [6.07, 6.45) is 0.702. The number of nitro groups is 2. The molecule has 2 aromatic carbocycles. The van der Waals surface area contributed by atoms with E-state index in [1.165, 1.54) is 32.4 Å². The molecule has 0 saturated heterocycles. The molecule has 2 aromatic rings. The predicted molar refractivity (Wildman–Crippen MR) is 98.9 cm³/mol. The van der Waals surface area contributed by atoms with Crippen LogP contribution in [0.25, 0.3) is 0 Å². The van der Waals surface area contributed by atoms with Gasteiger partial charge in [0, 0.05) is 12.1 Å². The maximum absolute atomic E-state index is 12.3. The van der Waals surface area contributed by atoms with E-state index in [0.717, 1.165) is 6.07 Å². The Hall–Kier alpha value is -3.94. The van der Waals surface area contributed by atoms with Crippen molar-refractivity contribution >= 4 is 27.6 Å². The summed E-state index contributed by atoms with van der Waals surface area (Å²) < 4.78 is 34.7. The minimum absolute atomic E-state index is 0.145. The van der Waals surface area contributed by atoms with Crippen molar-refractivity contribution < 1.29 is 32.8 Å². The number of benzene rings is 2. The maximum Gasteiger partial charge on any atom is 0.318 e. The van der Waals surface area contributed by atoms with Crippen molar-refractivity contribution in [1.29, 1.82) is 0 Å². The van der Waals surface area contributed by atoms with E-state index in [1.54, 1.807) is 0 Å². The number of nitro benzene ring substituents is 2. The summed E-state index contributed by atoms with van der Waals surface area (Å²) in [7, 11) is -1.50. The molecule has 29 heavy (non-hydrogen) atoms. The quantitative estimate of drug-likeness (QED) is 0.359. The molecular formula is C15H14N4O9S. The molecule has 0 saturated carbocycles. The number of hydrazone groups is 1. The first-order valence-electron chi connectivity index (χ1n) is 7.53. The molecule has 0 unspecified atom stereocenters. The Balaban J connectivity index is 2.36. The van der Waals surface area contributed by atoms with Crippen molar-refractivity contribution in [3.8, 4) is 17.2 Å². The van der Waals surface area contributed by atoms with E-state index in [1.807, 2.05) is 4.83 Å². The fraction of sp³-hybridized carbons (Fsp3) is 0.133. The van der Waals surface area contributed by atoms with Gasteiger partial charge in [-0.15, -0.1) is 0 Å². The molecule has 0 aromatic heterocycles. The number of non-ortho nitro benzene ring substituents is 1. The van der Waals surface area contributed by atoms with E-state index in [4.69, 9.17) is 9.47 Å². The zero-order valence-electron chi connectivity index (χ0n) is 14.9. The Morgan fingerprint density at radius 3 is 2.28 bits per heavy atom. The Morgan fingerprint density at radius 1 is 1.07 bits per heavy atom. The standard InChI is InChI=1S/C15H14N4O9S/c1-27-13-4-3-11(7-14(13)28-2)29(25,26)17-16-8-9-5-10(18(21)22)6-12(15(9)20)19(23)24/h3-8,17,20H,1-2H3. The first-order chi connectivity index (χ1) is 13.6. The molecule has 13 nitrogen and oxygen atoms in total. The summed E-state index contributed by atoms with van der Waals surface area (Å²) in [5.41, 5.74) is -2.04. The van der Waals surface area contributed by atoms with Gasteiger partial charge in [0.15, 0.2) is 11.5 Å². The summed E-state index contributed by atoms with van der Waals surface area (Å²) in [4.78, 5) is 21.5. The average molecular weight is 426 g/mol. The number of phenolic OH excluding ortho intramolecular Hbond substituents is 1. The van der Waals surface area contributed by atoms with E-state index in [2.05, 4.69) is 5.10 Å². The van der Waals surface area contributed by atoms with Gasteiger partial charge in [0.25, 0.3) is 15.7 Å². The van der Waals surface area contributed by atoms with Crippen molar-refractivity contribution in [1.82, 2.24) is 4.83 Å². The van der Waals surface area contributed by atoms with Crippen molar-refractivity contribution in [3.63, 3.8) is 0 Å². The van der Waals surface area contributed by atoms with Crippen LogP contribution in [-0.2, 0) is 10.0 Å². The number of aromatic hydroxyl groups is 1. The molecule has 2 N–H and O–H groups in total. The van der Waals surface area contributed by atoms with Gasteiger partial charge >= 0.3 is 5.69 Å². The second-order valence-electron chi connectivity index (χ2n) is 5.29. The molecule has 0 spiro atoms. The van der Waals surface area contributed by atoms with Crippen LogP contribution in [0.5, 0.6) is 17.2 Å². The summed E-state index contributed by atoms with van der Waals surface area (Å²) in [5, 5.41) is 35.1. The lowest BCUT2D eigenvalue weighted by Gasteiger charge is -2.09. The van der Waals surface area contributed by atoms with Gasteiger partial charge < -0.3 is 14.6 Å². The van der Waals surface area contributed by atoms with E-state index in [9.17, 15) is 33.8 Å². The van der Waals surface area contributed by atoms with Gasteiger partial charge in [0.1, 0.15) is 0 Å². The second-order valence-corrected chi connectivity index (χ2v) is 6.95. The van der Waals surface area contributed by atoms with Crippen molar-refractivity contribution in [2.24, 2.45) is 5.10 Å². The minimum atomic E-state index is -4.19. The van der Waals surface area contributed by atoms with Crippen LogP contribution in [0.2, 0.25) is 0 Å². The molecule has 154 valence electrons. The van der Waals surface area contributed by atoms with Gasteiger partial charge in [-0.1, -0.05) is 0 Å². The monoisotopic (exact) mass is 426 g/mol. The second kappa shape index (κ2) is 8.39. The molecule has 0 bridgehead atoms. The molecule has 0 aliphatic heterocycles. The predicted octanol–water partition coefficient (Wildman–Crippen LogP) is 1.54. The zero-order chi connectivity index (χ0) is 21.8. The third kappa shape index (κ3) is 4.67. The molecule has 0 amide bonds. The van der Waals surface area contributed by atoms with Crippen LogP contribution in [0.1, 0.15) is 5.56 Å². The maximum atomic E-state index is 12.3. The summed E-state index contributed by atoms with van der Waals surface area (Å²) >= 11 is 0. The summed E-state index contributed by atoms with van der Waals surface area (Å²) in [6, 6.07) is 5.12. The molecule has 14 heteroatoms. The summed E-state index contributed by atoms with van der Waals surface area (Å²) in [6.45, 7) is 0. The lowest BCUT2D eigenvalue weighted by atomic mass is 10.1. The van der Waals surface area contributed by atoms with Crippen molar-refractivity contribution in [3.05, 3.63) is 56.1 Å². The number of sulfonamides is 1. The molecule has 0 radical (unpaired) electrons. The highest BCUT2D eigenvalue weighted by Gasteiger charge is 2.23. The highest BCUT2D eigenvalue weighted by Crippen LogP contribution is 2.33. The van der Waals surface area contributed by atoms with Crippen molar-refractivity contribution in [2.75, 3.05) is 14.2 Å². The van der Waals surface area contributed by atoms with Crippen LogP contribution in [0.15, 0.2) is 40.3 Å². The highest BCUT2D eigenvalue weighted by molar-refractivity contribution is 7.89. The Labute approximate surface area is 163 Å². The molecule has 0 fully saturated rings. The van der Waals surface area contributed by atoms with Crippen LogP contribution < -0.4 is 14.3 Å². The third-order valence-electron chi connectivity index (χ3n) is 3.55. The van der Waals surface area contributed by atoms with Crippen LogP contribution in [-0.4, -0.2) is 43.8 Å². The van der Waals surface area contributed by atoms with Gasteiger partial charge in [0.05, 0.1) is 46.8 Å². The number of methoxy groups -OCH3 is 2. The first-order valence-corrected chi connectivity index (χ1v) is 9.01. The largest absolute Gasteiger partial charge is 0.502 e. The molecule has 0 heterocycles. The van der Waals surface area contributed by atoms with E-state index >= 15 is 0 Å². The van der Waals surface area contributed by atoms with Crippen LogP contribution in [0.3, 0.4) is 0 Å². The van der Waals surface area contributed by atoms with E-state index in [-0.39, 0.29) is 10.6 Å². The Bertz CT molecular complexity index is 1100.